The summed E-state index contributed by atoms with van der Waals surface area (Å²) in [5.41, 5.74) is 0. The van der Waals surface area contributed by atoms with Gasteiger partial charge in [0, 0.05) is 99.0 Å². The van der Waals surface area contributed by atoms with Gasteiger partial charge in [0.25, 0.3) is 11.8 Å². The summed E-state index contributed by atoms with van der Waals surface area (Å²) in [6, 6.07) is 0. The number of hydrogen-bond donors (Lipinski definition) is 9. The molecule has 0 radical (unpaired) electrons. The van der Waals surface area contributed by atoms with Crippen molar-refractivity contribution in [3.8, 4) is 0 Å². The number of likely N-dealkylation sites (tertiary alicyclic amines) is 1. The molecule has 35 heteroatoms. The Morgan fingerprint density at radius 2 is 0.742 bits per heavy atom. The molecule has 2 rings (SSSR count). The van der Waals surface area contributed by atoms with Crippen molar-refractivity contribution in [1.29, 1.82) is 0 Å². The van der Waals surface area contributed by atoms with Crippen LogP contribution in [0.15, 0.2) is 85.1 Å². The second-order valence-electron chi connectivity index (χ2n) is 15.9. The van der Waals surface area contributed by atoms with Crippen LogP contribution in [0, 0.1) is 5.92 Å². The molecular weight excluding hydrogens is 1200 g/mol. The molecule has 2 aliphatic heterocycles. The van der Waals surface area contributed by atoms with Gasteiger partial charge in [0.2, 0.25) is 11.8 Å². The van der Waals surface area contributed by atoms with Crippen LogP contribution in [0.4, 0.5) is 0 Å². The van der Waals surface area contributed by atoms with Gasteiger partial charge in [-0.3, -0.25) is 38.6 Å². The van der Waals surface area contributed by atoms with Crippen LogP contribution in [0.1, 0.15) is 78.6 Å². The lowest BCUT2D eigenvalue weighted by atomic mass is 10.1. The van der Waals surface area contributed by atoms with E-state index in [1.165, 1.54) is 46.3 Å². The van der Waals surface area contributed by atoms with Crippen molar-refractivity contribution < 1.29 is 160 Å². The first-order chi connectivity index (χ1) is 42.4. The summed E-state index contributed by atoms with van der Waals surface area (Å²) in [6.07, 6.45) is 19.4. The largest absolute Gasteiger partial charge is 0.460 e. The zero-order chi connectivity index (χ0) is 68.2. The molecule has 0 bridgehead atoms. The maximum Gasteiger partial charge on any atom is 0.333 e. The van der Waals surface area contributed by atoms with Gasteiger partial charge in [0.1, 0.15) is 19.3 Å². The number of esters is 10. The van der Waals surface area contributed by atoms with Gasteiger partial charge < -0.3 is 93.3 Å². The number of unbranched alkanes of at least 4 members (excludes halogenated alkanes) is 4. The molecule has 0 aromatic carbocycles. The topological polar surface area (TPSA) is 520 Å². The standard InChI is InChI=1S/C13H16O11.C12H19NO5.C11H15NO5.C7H10O3.C6H8O6.C5H8O3/c14-7-23-12(19)3-1-10(17)21-5-9(16)6-22-11(18)2-4-13(20)24-8-15;1-9-7-10(15)13(12(9)17)6-4-2-3-5-11(16)18-8-14;13-8-17-11(16)4-2-1-3-7-12-9(14)5-6-10(12)15;1-2-3-4-5-7(9)10-6-8;7-3-11-5(9)1-2-6(10)12-4-8;1-2-3-5(7)8-4-6/h1-4,9,14-16H,5-8H2;9,14H,2-8H2,1H3;5-6,13H,1-4,7-8H2;2-5,8H,6H2,1H3;1-2,7-8H,3-4H2;2-3,6H,4H2,1H3/b3-1+,4-2+;;;3-2+,5-4+;2-1-;3-2+. The van der Waals surface area contributed by atoms with Crippen LogP contribution in [0.5, 0.6) is 0 Å². The maximum atomic E-state index is 11.6. The van der Waals surface area contributed by atoms with Crippen molar-refractivity contribution in [1.82, 2.24) is 9.80 Å². The molecular formula is C54H76N2O33. The molecule has 0 spiro atoms. The first-order valence-electron chi connectivity index (χ1n) is 26.0. The third-order valence-corrected chi connectivity index (χ3v) is 9.33. The fourth-order valence-corrected chi connectivity index (χ4v) is 5.42. The van der Waals surface area contributed by atoms with Crippen LogP contribution >= 0.6 is 0 Å². The van der Waals surface area contributed by atoms with Crippen molar-refractivity contribution in [2.75, 3.05) is 80.6 Å². The Morgan fingerprint density at radius 1 is 0.427 bits per heavy atom. The Kier molecular flexibility index (Phi) is 57.3. The minimum atomic E-state index is -1.34. The highest BCUT2D eigenvalue weighted by atomic mass is 16.7. The molecule has 2 heterocycles. The van der Waals surface area contributed by atoms with E-state index in [9.17, 15) is 72.2 Å². The molecule has 0 aliphatic carbocycles. The third-order valence-electron chi connectivity index (χ3n) is 9.33. The summed E-state index contributed by atoms with van der Waals surface area (Å²) in [4.78, 5) is 155. The highest BCUT2D eigenvalue weighted by Crippen LogP contribution is 2.19. The van der Waals surface area contributed by atoms with Crippen LogP contribution in [0.3, 0.4) is 0 Å². The first kappa shape index (κ1) is 86.2. The highest BCUT2D eigenvalue weighted by molar-refractivity contribution is 6.12. The summed E-state index contributed by atoms with van der Waals surface area (Å²) in [5.74, 6) is -8.50. The van der Waals surface area contributed by atoms with Crippen LogP contribution in [-0.4, -0.2) is 226 Å². The van der Waals surface area contributed by atoms with E-state index in [4.69, 9.17) is 40.9 Å². The van der Waals surface area contributed by atoms with Gasteiger partial charge >= 0.3 is 59.7 Å². The lowest BCUT2D eigenvalue weighted by molar-refractivity contribution is -0.152. The van der Waals surface area contributed by atoms with Gasteiger partial charge in [-0.05, 0) is 39.5 Å². The fourth-order valence-electron chi connectivity index (χ4n) is 5.42. The molecule has 500 valence electrons. The van der Waals surface area contributed by atoms with Crippen LogP contribution in [0.25, 0.3) is 0 Å². The van der Waals surface area contributed by atoms with Crippen molar-refractivity contribution >= 4 is 83.3 Å². The summed E-state index contributed by atoms with van der Waals surface area (Å²) < 4.78 is 42.3. The van der Waals surface area contributed by atoms with Gasteiger partial charge in [0.15, 0.2) is 54.3 Å². The van der Waals surface area contributed by atoms with Crippen molar-refractivity contribution in [3.05, 3.63) is 85.1 Å². The highest BCUT2D eigenvalue weighted by Gasteiger charge is 2.34. The SMILES string of the molecule is C/C=C/C(=O)OCO.C/C=C/C=C/C(=O)OCO.CC1CC(=O)N(CCCCCC(=O)OCO)C1=O.O=C(/C=C/C(=O)OCC(O)COC(=O)/C=C/C(=O)OCO)OCO.O=C(/C=C\C(=O)OCO)OCO.O=C(CCCCCN1C(=O)C=CC1=O)OCO. The lowest BCUT2D eigenvalue weighted by Crippen LogP contribution is -2.31. The Morgan fingerprint density at radius 3 is 1.04 bits per heavy atom. The van der Waals surface area contributed by atoms with Gasteiger partial charge in [-0.1, -0.05) is 44.1 Å². The van der Waals surface area contributed by atoms with Crippen LogP contribution in [0.2, 0.25) is 0 Å². The Balaban J connectivity index is -0.000000504. The van der Waals surface area contributed by atoms with E-state index in [1.54, 1.807) is 26.0 Å². The fraction of sp³-hybridized carbons (Fsp3) is 0.481. The van der Waals surface area contributed by atoms with E-state index in [0.717, 1.165) is 25.0 Å². The Hall–Kier alpha value is -9.20. The molecule has 0 aromatic rings. The number of imide groups is 2. The summed E-state index contributed by atoms with van der Waals surface area (Å²) in [6.45, 7) is -0.456. The second kappa shape index (κ2) is 59.1. The zero-order valence-electron chi connectivity index (χ0n) is 48.8. The molecule has 0 aromatic heterocycles. The summed E-state index contributed by atoms with van der Waals surface area (Å²) >= 11 is 0. The Bertz CT molecular complexity index is 2310. The number of ether oxygens (including phenoxy) is 10. The Labute approximate surface area is 508 Å². The monoisotopic (exact) mass is 1280 g/mol. The van der Waals surface area contributed by atoms with Crippen molar-refractivity contribution in [2.24, 2.45) is 5.92 Å². The molecule has 35 nitrogen and oxygen atoms in total. The molecule has 1 unspecified atom stereocenters. The minimum absolute atomic E-state index is 0.0975. The van der Waals surface area contributed by atoms with Gasteiger partial charge in [-0.2, -0.15) is 0 Å². The molecule has 2 aliphatic rings. The number of carbonyl (C=O) groups excluding carboxylic acids is 14. The van der Waals surface area contributed by atoms with Gasteiger partial charge in [-0.25, -0.2) is 38.4 Å². The number of amides is 4. The second-order valence-corrected chi connectivity index (χ2v) is 15.9. The van der Waals surface area contributed by atoms with Crippen molar-refractivity contribution in [2.45, 2.75) is 84.7 Å². The molecule has 89 heavy (non-hydrogen) atoms. The van der Waals surface area contributed by atoms with E-state index < -0.39 is 133 Å². The van der Waals surface area contributed by atoms with E-state index >= 15 is 0 Å². The number of rotatable bonds is 33. The predicted molar refractivity (Wildman–Crippen MR) is 293 cm³/mol. The molecule has 1 fully saturated rings. The van der Waals surface area contributed by atoms with E-state index in [1.807, 2.05) is 6.92 Å². The number of carbonyl (C=O) groups is 14. The number of aliphatic hydroxyl groups excluding tert-OH is 9. The summed E-state index contributed by atoms with van der Waals surface area (Å²) in [7, 11) is 0. The maximum absolute atomic E-state index is 11.6. The van der Waals surface area contributed by atoms with E-state index in [2.05, 4.69) is 47.4 Å². The van der Waals surface area contributed by atoms with Crippen LogP contribution in [-0.2, 0) is 114 Å². The number of aliphatic hydroxyl groups is 9. The normalized spacial score (nSPS) is 13.1. The number of allylic oxidation sites excluding steroid dienone is 4. The average molecular weight is 1280 g/mol. The quantitative estimate of drug-likeness (QED) is 0.00606. The molecule has 0 saturated carbocycles. The van der Waals surface area contributed by atoms with E-state index in [0.29, 0.717) is 69.5 Å². The average Bonchev–Trinajstić information content (AvgIpc) is 4.13. The smallest absolute Gasteiger partial charge is 0.333 e. The molecule has 1 saturated heterocycles. The van der Waals surface area contributed by atoms with Crippen molar-refractivity contribution in [3.63, 3.8) is 0 Å². The number of hydrogen-bond acceptors (Lipinski definition) is 33. The van der Waals surface area contributed by atoms with Gasteiger partial charge in [0.05, 0.1) is 0 Å². The summed E-state index contributed by atoms with van der Waals surface area (Å²) in [5, 5.41) is 74.8. The third kappa shape index (κ3) is 54.0. The predicted octanol–water partition coefficient (Wildman–Crippen LogP) is -2.87. The first-order valence-corrected chi connectivity index (χ1v) is 26.0. The van der Waals surface area contributed by atoms with Gasteiger partial charge in [-0.15, -0.1) is 0 Å². The van der Waals surface area contributed by atoms with Crippen LogP contribution < -0.4 is 0 Å². The lowest BCUT2D eigenvalue weighted by Gasteiger charge is -2.13. The zero-order valence-corrected chi connectivity index (χ0v) is 48.8. The molecule has 9 N–H and O–H groups in total. The molecule has 1 atom stereocenters. The molecule has 4 amide bonds. The van der Waals surface area contributed by atoms with E-state index in [-0.39, 0.29) is 42.4 Å². The number of nitrogens with zero attached hydrogens (tertiary/aromatic N) is 2. The minimum Gasteiger partial charge on any atom is -0.460 e.